The fourth-order valence-corrected chi connectivity index (χ4v) is 1.05. The van der Waals surface area contributed by atoms with Crippen molar-refractivity contribution < 1.29 is 22.7 Å². The van der Waals surface area contributed by atoms with E-state index in [1.807, 2.05) is 0 Å². The maximum atomic E-state index is 12.1. The third-order valence-corrected chi connectivity index (χ3v) is 1.86. The van der Waals surface area contributed by atoms with Crippen LogP contribution in [0.2, 0.25) is 0 Å². The quantitative estimate of drug-likeness (QED) is 0.277. The van der Waals surface area contributed by atoms with Crippen LogP contribution in [0.3, 0.4) is 0 Å². The van der Waals surface area contributed by atoms with Gasteiger partial charge in [-0.2, -0.15) is 28.1 Å². The van der Waals surface area contributed by atoms with E-state index in [9.17, 15) is 13.2 Å². The summed E-state index contributed by atoms with van der Waals surface area (Å²) in [6, 6.07) is -0.479. The van der Waals surface area contributed by atoms with Gasteiger partial charge in [-0.05, 0) is 0 Å². The van der Waals surface area contributed by atoms with Gasteiger partial charge in [0.25, 0.3) is 5.95 Å². The molecule has 0 aliphatic rings. The van der Waals surface area contributed by atoms with Crippen LogP contribution < -0.4 is 26.6 Å². The third-order valence-electron chi connectivity index (χ3n) is 1.86. The summed E-state index contributed by atoms with van der Waals surface area (Å²) in [7, 11) is 1.50. The van der Waals surface area contributed by atoms with Crippen LogP contribution in [0.4, 0.5) is 25.1 Å². The normalized spacial score (nSPS) is 11.3. The topological polar surface area (TPSA) is 119 Å². The van der Waals surface area contributed by atoms with E-state index in [-0.39, 0.29) is 18.6 Å². The molecular weight excluding hydrogens is 295 g/mol. The monoisotopic (exact) mass is 311 g/mol. The zero-order valence-electron chi connectivity index (χ0n) is 11.2. The van der Waals surface area contributed by atoms with E-state index in [2.05, 4.69) is 35.8 Å². The van der Waals surface area contributed by atoms with Crippen molar-refractivity contribution in [2.75, 3.05) is 44.3 Å². The highest BCUT2D eigenvalue weighted by Crippen LogP contribution is 2.17. The average Bonchev–Trinajstić information content (AvgIpc) is 2.44. The molecule has 0 fully saturated rings. The molecule has 0 radical (unpaired) electrons. The van der Waals surface area contributed by atoms with E-state index in [0.29, 0.717) is 13.1 Å². The van der Waals surface area contributed by atoms with E-state index in [1.54, 1.807) is 0 Å². The Morgan fingerprint density at radius 2 is 1.90 bits per heavy atom. The largest absolute Gasteiger partial charge is 0.454 e. The van der Waals surface area contributed by atoms with Crippen LogP contribution >= 0.6 is 0 Å². The summed E-state index contributed by atoms with van der Waals surface area (Å²) in [5.74, 6) is -0.0655. The Bertz CT molecular complexity index is 432. The number of rotatable bonds is 9. The lowest BCUT2D eigenvalue weighted by Crippen LogP contribution is -2.26. The number of aromatic nitrogens is 3. The van der Waals surface area contributed by atoms with Crippen LogP contribution in [0.15, 0.2) is 0 Å². The summed E-state index contributed by atoms with van der Waals surface area (Å²) in [6.07, 6.45) is -4.48. The summed E-state index contributed by atoms with van der Waals surface area (Å²) in [5, 5.41) is 5.38. The third kappa shape index (κ3) is 7.43. The van der Waals surface area contributed by atoms with Gasteiger partial charge in [0.05, 0.1) is 0 Å². The van der Waals surface area contributed by atoms with Crippen molar-refractivity contribution in [3.8, 4) is 6.01 Å². The highest BCUT2D eigenvalue weighted by atomic mass is 19.4. The van der Waals surface area contributed by atoms with Crippen LogP contribution in [0.5, 0.6) is 6.01 Å². The van der Waals surface area contributed by atoms with Gasteiger partial charge in [0, 0.05) is 20.1 Å². The van der Waals surface area contributed by atoms with Crippen LogP contribution in [-0.2, 0) is 4.84 Å². The highest BCUT2D eigenvalue weighted by Gasteiger charge is 2.29. The standard InChI is InChI=1S/C9H16F3N7O2/c1-14-6-16-7(19-21-5-15-3-2-13)18-8(17-6)20-4-9(10,11)12/h15H,2-5,13H2,1H3,(H2,14,16,17,18,19). The minimum absolute atomic E-state index is 0.0307. The van der Waals surface area contributed by atoms with E-state index in [1.165, 1.54) is 7.05 Å². The summed E-state index contributed by atoms with van der Waals surface area (Å²) in [4.78, 5) is 16.0. The lowest BCUT2D eigenvalue weighted by Gasteiger charge is -2.10. The van der Waals surface area contributed by atoms with Crippen LogP contribution in [-0.4, -0.2) is 54.6 Å². The molecule has 1 aromatic heterocycles. The highest BCUT2D eigenvalue weighted by molar-refractivity contribution is 5.33. The second kappa shape index (κ2) is 8.39. The van der Waals surface area contributed by atoms with Crippen LogP contribution in [0.25, 0.3) is 0 Å². The Balaban J connectivity index is 2.58. The Hall–Kier alpha value is -1.92. The van der Waals surface area contributed by atoms with Gasteiger partial charge in [-0.25, -0.2) is 5.48 Å². The molecule has 0 saturated heterocycles. The van der Waals surface area contributed by atoms with Crippen molar-refractivity contribution in [1.29, 1.82) is 0 Å². The van der Waals surface area contributed by atoms with Crippen molar-refractivity contribution in [3.05, 3.63) is 0 Å². The maximum Gasteiger partial charge on any atom is 0.422 e. The van der Waals surface area contributed by atoms with Gasteiger partial charge in [0.2, 0.25) is 5.95 Å². The number of hydrogen-bond donors (Lipinski definition) is 4. The molecule has 1 heterocycles. The number of hydrogen-bond acceptors (Lipinski definition) is 9. The van der Waals surface area contributed by atoms with Crippen molar-refractivity contribution in [2.45, 2.75) is 6.18 Å². The minimum atomic E-state index is -4.48. The molecule has 0 atom stereocenters. The number of nitrogens with one attached hydrogen (secondary N) is 3. The number of halogens is 3. The van der Waals surface area contributed by atoms with Crippen molar-refractivity contribution in [2.24, 2.45) is 5.73 Å². The first-order chi connectivity index (χ1) is 9.94. The molecule has 21 heavy (non-hydrogen) atoms. The van der Waals surface area contributed by atoms with Gasteiger partial charge in [0.15, 0.2) is 6.61 Å². The molecule has 0 spiro atoms. The van der Waals surface area contributed by atoms with Crippen molar-refractivity contribution >= 4 is 11.9 Å². The fraction of sp³-hybridized carbons (Fsp3) is 0.667. The molecule has 9 nitrogen and oxygen atoms in total. The van der Waals surface area contributed by atoms with Gasteiger partial charge in [-0.1, -0.05) is 0 Å². The first kappa shape index (κ1) is 17.1. The summed E-state index contributed by atoms with van der Waals surface area (Å²) in [6.45, 7) is -0.413. The van der Waals surface area contributed by atoms with Gasteiger partial charge >= 0.3 is 12.2 Å². The summed E-state index contributed by atoms with van der Waals surface area (Å²) >= 11 is 0. The van der Waals surface area contributed by atoms with Gasteiger partial charge in [-0.15, -0.1) is 0 Å². The Morgan fingerprint density at radius 1 is 1.19 bits per heavy atom. The molecular formula is C9H16F3N7O2. The number of alkyl halides is 3. The SMILES string of the molecule is CNc1nc(NOCNCCN)nc(OCC(F)(F)F)n1. The first-order valence-electron chi connectivity index (χ1n) is 5.86. The number of anilines is 2. The first-order valence-corrected chi connectivity index (χ1v) is 5.86. The smallest absolute Gasteiger partial charge is 0.422 e. The lowest BCUT2D eigenvalue weighted by molar-refractivity contribution is -0.154. The molecule has 1 rings (SSSR count). The molecule has 12 heteroatoms. The Kier molecular flexibility index (Phi) is 6.84. The van der Waals surface area contributed by atoms with E-state index >= 15 is 0 Å². The molecule has 1 aromatic rings. The Labute approximate surface area is 118 Å². The minimum Gasteiger partial charge on any atom is -0.454 e. The summed E-state index contributed by atoms with van der Waals surface area (Å²) in [5.41, 5.74) is 7.61. The van der Waals surface area contributed by atoms with Crippen molar-refractivity contribution in [3.63, 3.8) is 0 Å². The zero-order chi connectivity index (χ0) is 15.7. The number of nitrogens with two attached hydrogens (primary N) is 1. The van der Waals surface area contributed by atoms with Gasteiger partial charge < -0.3 is 15.8 Å². The molecule has 120 valence electrons. The van der Waals surface area contributed by atoms with Gasteiger partial charge in [-0.3, -0.25) is 10.2 Å². The molecule has 5 N–H and O–H groups in total. The predicted octanol–water partition coefficient (Wildman–Crippen LogP) is -0.296. The Morgan fingerprint density at radius 3 is 2.52 bits per heavy atom. The molecule has 0 saturated carbocycles. The second-order valence-corrected chi connectivity index (χ2v) is 3.60. The molecule has 0 aliphatic carbocycles. The van der Waals surface area contributed by atoms with Crippen molar-refractivity contribution in [1.82, 2.24) is 20.3 Å². The van der Waals surface area contributed by atoms with Crippen LogP contribution in [0, 0.1) is 0 Å². The van der Waals surface area contributed by atoms with Gasteiger partial charge in [0.1, 0.15) is 6.73 Å². The lowest BCUT2D eigenvalue weighted by atomic mass is 10.7. The summed E-state index contributed by atoms with van der Waals surface area (Å²) < 4.78 is 40.7. The average molecular weight is 311 g/mol. The molecule has 0 amide bonds. The second-order valence-electron chi connectivity index (χ2n) is 3.60. The number of ether oxygens (including phenoxy) is 1. The molecule has 0 unspecified atom stereocenters. The van der Waals surface area contributed by atoms with E-state index < -0.39 is 18.8 Å². The molecule has 0 aromatic carbocycles. The predicted molar refractivity (Wildman–Crippen MR) is 67.6 cm³/mol. The zero-order valence-corrected chi connectivity index (χ0v) is 11.2. The molecule has 0 aliphatic heterocycles. The maximum absolute atomic E-state index is 12.1. The fourth-order valence-electron chi connectivity index (χ4n) is 1.05. The molecule has 0 bridgehead atoms. The van der Waals surface area contributed by atoms with E-state index in [4.69, 9.17) is 10.6 Å². The van der Waals surface area contributed by atoms with Crippen LogP contribution in [0.1, 0.15) is 0 Å². The van der Waals surface area contributed by atoms with E-state index in [0.717, 1.165) is 0 Å². The number of nitrogens with zero attached hydrogens (tertiary/aromatic N) is 3.